The lowest BCUT2D eigenvalue weighted by molar-refractivity contribution is 0.213. The SMILES string of the molecule is N=Nc1ccc(CO[P+](=O)OCc2ccc(N=N)cc2)cc1. The molecular formula is C14H14N4O3P+. The largest absolute Gasteiger partial charge is 0.698 e. The highest BCUT2D eigenvalue weighted by Gasteiger charge is 2.20. The number of nitrogens with zero attached hydrogens (tertiary/aromatic N) is 2. The predicted molar refractivity (Wildman–Crippen MR) is 79.7 cm³/mol. The zero-order valence-corrected chi connectivity index (χ0v) is 12.5. The van der Waals surface area contributed by atoms with Gasteiger partial charge >= 0.3 is 8.25 Å². The number of rotatable bonds is 8. The molecule has 0 bridgehead atoms. The van der Waals surface area contributed by atoms with Gasteiger partial charge in [-0.25, -0.2) is 11.1 Å². The maximum Gasteiger partial charge on any atom is 0.698 e. The quantitative estimate of drug-likeness (QED) is 0.502. The Morgan fingerprint density at radius 2 is 1.14 bits per heavy atom. The third-order valence-electron chi connectivity index (χ3n) is 2.80. The average Bonchev–Trinajstić information content (AvgIpc) is 2.59. The summed E-state index contributed by atoms with van der Waals surface area (Å²) in [7, 11) is -2.22. The molecule has 0 aromatic heterocycles. The number of benzene rings is 2. The van der Waals surface area contributed by atoms with Crippen LogP contribution in [0.1, 0.15) is 11.1 Å². The van der Waals surface area contributed by atoms with Crippen LogP contribution >= 0.6 is 8.25 Å². The van der Waals surface area contributed by atoms with Crippen molar-refractivity contribution in [1.82, 2.24) is 0 Å². The van der Waals surface area contributed by atoms with Crippen LogP contribution in [0.15, 0.2) is 58.8 Å². The van der Waals surface area contributed by atoms with Crippen LogP contribution in [-0.2, 0) is 26.8 Å². The topological polar surface area (TPSA) is 108 Å². The van der Waals surface area contributed by atoms with Gasteiger partial charge in [0.2, 0.25) is 0 Å². The van der Waals surface area contributed by atoms with Gasteiger partial charge in [-0.15, -0.1) is 9.05 Å². The predicted octanol–water partition coefficient (Wildman–Crippen LogP) is 5.40. The lowest BCUT2D eigenvalue weighted by Gasteiger charge is -1.97. The summed E-state index contributed by atoms with van der Waals surface area (Å²) in [6.07, 6.45) is 0. The molecule has 2 N–H and O–H groups in total. The number of nitrogens with one attached hydrogen (secondary N) is 2. The first-order valence-corrected chi connectivity index (χ1v) is 7.46. The van der Waals surface area contributed by atoms with Crippen LogP contribution in [0.3, 0.4) is 0 Å². The first-order chi connectivity index (χ1) is 10.7. The van der Waals surface area contributed by atoms with E-state index in [0.717, 1.165) is 11.1 Å². The molecule has 2 aromatic carbocycles. The highest BCUT2D eigenvalue weighted by Crippen LogP contribution is 2.28. The number of hydrogen-bond acceptors (Lipinski definition) is 7. The average molecular weight is 317 g/mol. The van der Waals surface area contributed by atoms with E-state index in [0.29, 0.717) is 11.4 Å². The maximum absolute atomic E-state index is 11.6. The van der Waals surface area contributed by atoms with E-state index in [9.17, 15) is 4.57 Å². The van der Waals surface area contributed by atoms with Gasteiger partial charge in [0.15, 0.2) is 0 Å². The van der Waals surface area contributed by atoms with E-state index < -0.39 is 8.25 Å². The molecular weight excluding hydrogens is 303 g/mol. The first-order valence-electron chi connectivity index (χ1n) is 6.37. The van der Waals surface area contributed by atoms with E-state index in [-0.39, 0.29) is 13.2 Å². The van der Waals surface area contributed by atoms with E-state index in [2.05, 4.69) is 10.2 Å². The first kappa shape index (κ1) is 16.0. The molecule has 8 heteroatoms. The minimum atomic E-state index is -2.22. The summed E-state index contributed by atoms with van der Waals surface area (Å²) in [5.41, 5.74) is 16.5. The van der Waals surface area contributed by atoms with Crippen molar-refractivity contribution in [2.45, 2.75) is 13.2 Å². The van der Waals surface area contributed by atoms with Gasteiger partial charge in [-0.1, -0.05) is 24.3 Å². The molecule has 0 aliphatic carbocycles. The van der Waals surface area contributed by atoms with Crippen LogP contribution in [0.25, 0.3) is 0 Å². The molecule has 0 aliphatic heterocycles. The third kappa shape index (κ3) is 4.89. The van der Waals surface area contributed by atoms with Crippen molar-refractivity contribution >= 4 is 19.6 Å². The zero-order valence-electron chi connectivity index (χ0n) is 11.6. The molecule has 0 saturated carbocycles. The molecule has 2 rings (SSSR count). The Kier molecular flexibility index (Phi) is 5.97. The van der Waals surface area contributed by atoms with E-state index in [4.69, 9.17) is 20.1 Å². The van der Waals surface area contributed by atoms with Crippen LogP contribution in [0, 0.1) is 11.1 Å². The molecule has 0 radical (unpaired) electrons. The highest BCUT2D eigenvalue weighted by molar-refractivity contribution is 7.33. The summed E-state index contributed by atoms with van der Waals surface area (Å²) in [6, 6.07) is 13.7. The molecule has 7 nitrogen and oxygen atoms in total. The van der Waals surface area contributed by atoms with Gasteiger partial charge in [0.25, 0.3) is 0 Å². The lowest BCUT2D eigenvalue weighted by Crippen LogP contribution is -1.89. The second-order valence-corrected chi connectivity index (χ2v) is 5.29. The Balaban J connectivity index is 1.77. The standard InChI is InChI=1S/C14H14N4O3P/c15-17-13-5-1-11(2-6-13)9-20-22(19)21-10-12-3-7-14(18-16)8-4-12/h1-8,15-16H,9-10H2/q+1. The fourth-order valence-electron chi connectivity index (χ4n) is 1.63. The molecule has 0 amide bonds. The van der Waals surface area contributed by atoms with Crippen LogP contribution in [0.5, 0.6) is 0 Å². The van der Waals surface area contributed by atoms with Crippen molar-refractivity contribution in [3.05, 3.63) is 59.7 Å². The van der Waals surface area contributed by atoms with Gasteiger partial charge in [-0.3, -0.25) is 0 Å². The van der Waals surface area contributed by atoms with E-state index >= 15 is 0 Å². The molecule has 0 spiro atoms. The van der Waals surface area contributed by atoms with Gasteiger partial charge in [-0.05, 0) is 35.4 Å². The summed E-state index contributed by atoms with van der Waals surface area (Å²) in [6.45, 7) is 0.314. The van der Waals surface area contributed by atoms with E-state index in [1.807, 2.05) is 0 Å². The van der Waals surface area contributed by atoms with Crippen LogP contribution in [0.4, 0.5) is 11.4 Å². The molecule has 0 unspecified atom stereocenters. The monoisotopic (exact) mass is 317 g/mol. The van der Waals surface area contributed by atoms with Crippen molar-refractivity contribution < 1.29 is 13.6 Å². The fraction of sp³-hybridized carbons (Fsp3) is 0.143. The summed E-state index contributed by atoms with van der Waals surface area (Å²) in [5.74, 6) is 0. The maximum atomic E-state index is 11.6. The zero-order chi connectivity index (χ0) is 15.8. The summed E-state index contributed by atoms with van der Waals surface area (Å²) in [4.78, 5) is 0. The van der Waals surface area contributed by atoms with Crippen molar-refractivity contribution in [1.29, 1.82) is 11.1 Å². The molecule has 0 fully saturated rings. The Hall–Kier alpha value is -2.34. The fourth-order valence-corrected chi connectivity index (χ4v) is 2.21. The van der Waals surface area contributed by atoms with Crippen molar-refractivity contribution in [2.75, 3.05) is 0 Å². The molecule has 2 aromatic rings. The minimum Gasteiger partial charge on any atom is -0.204 e. The second-order valence-electron chi connectivity index (χ2n) is 4.33. The molecule has 0 atom stereocenters. The summed E-state index contributed by atoms with van der Waals surface area (Å²) < 4.78 is 21.9. The van der Waals surface area contributed by atoms with Crippen molar-refractivity contribution in [3.8, 4) is 0 Å². The number of hydrogen-bond donors (Lipinski definition) is 2. The summed E-state index contributed by atoms with van der Waals surface area (Å²) in [5, 5.41) is 6.58. The van der Waals surface area contributed by atoms with E-state index in [1.165, 1.54) is 0 Å². The van der Waals surface area contributed by atoms with Crippen LogP contribution in [0.2, 0.25) is 0 Å². The molecule has 0 heterocycles. The van der Waals surface area contributed by atoms with Crippen molar-refractivity contribution in [2.24, 2.45) is 10.2 Å². The molecule has 0 aliphatic rings. The Bertz CT molecular complexity index is 601. The van der Waals surface area contributed by atoms with Gasteiger partial charge in [-0.2, -0.15) is 10.2 Å². The van der Waals surface area contributed by atoms with Crippen LogP contribution < -0.4 is 0 Å². The Morgan fingerprint density at radius 1 is 0.773 bits per heavy atom. The van der Waals surface area contributed by atoms with Crippen LogP contribution in [-0.4, -0.2) is 0 Å². The minimum absolute atomic E-state index is 0.157. The molecule has 112 valence electrons. The van der Waals surface area contributed by atoms with Gasteiger partial charge in [0.05, 0.1) is 11.4 Å². The van der Waals surface area contributed by atoms with Gasteiger partial charge < -0.3 is 0 Å². The highest BCUT2D eigenvalue weighted by atomic mass is 31.1. The molecule has 0 saturated heterocycles. The summed E-state index contributed by atoms with van der Waals surface area (Å²) >= 11 is 0. The smallest absolute Gasteiger partial charge is 0.204 e. The second kappa shape index (κ2) is 8.19. The Labute approximate surface area is 128 Å². The van der Waals surface area contributed by atoms with Gasteiger partial charge in [0, 0.05) is 4.57 Å². The Morgan fingerprint density at radius 3 is 1.45 bits per heavy atom. The lowest BCUT2D eigenvalue weighted by atomic mass is 10.2. The third-order valence-corrected chi connectivity index (χ3v) is 3.48. The van der Waals surface area contributed by atoms with Gasteiger partial charge in [0.1, 0.15) is 13.2 Å². The molecule has 22 heavy (non-hydrogen) atoms. The van der Waals surface area contributed by atoms with E-state index in [1.54, 1.807) is 48.5 Å². The van der Waals surface area contributed by atoms with Crippen molar-refractivity contribution in [3.63, 3.8) is 0 Å². The normalized spacial score (nSPS) is 11.0.